The molecule has 2 atom stereocenters. The van der Waals surface area contributed by atoms with Crippen molar-refractivity contribution in [1.29, 1.82) is 0 Å². The molecule has 0 aliphatic carbocycles. The Morgan fingerprint density at radius 2 is 1.61 bits per heavy atom. The Morgan fingerprint density at radius 1 is 0.964 bits per heavy atom. The van der Waals surface area contributed by atoms with E-state index in [1.807, 2.05) is 36.4 Å². The van der Waals surface area contributed by atoms with Gasteiger partial charge in [0.25, 0.3) is 0 Å². The van der Waals surface area contributed by atoms with Crippen molar-refractivity contribution >= 4 is 0 Å². The second-order valence-corrected chi connectivity index (χ2v) is 6.21. The van der Waals surface area contributed by atoms with Crippen molar-refractivity contribution in [3.63, 3.8) is 0 Å². The number of methoxy groups -OCH3 is 1. The van der Waals surface area contributed by atoms with Gasteiger partial charge in [-0.2, -0.15) is 0 Å². The summed E-state index contributed by atoms with van der Waals surface area (Å²) < 4.78 is 5.25. The molecule has 3 aromatic rings. The quantitative estimate of drug-likeness (QED) is 0.468. The topological polar surface area (TPSA) is 75.5 Å². The molecule has 1 radical (unpaired) electrons. The van der Waals surface area contributed by atoms with E-state index in [0.29, 0.717) is 18.0 Å². The first kappa shape index (κ1) is 23.9. The summed E-state index contributed by atoms with van der Waals surface area (Å²) in [6.45, 7) is 3.32. The first-order valence-corrected chi connectivity index (χ1v) is 8.80. The third kappa shape index (κ3) is 7.49. The maximum Gasteiger partial charge on any atom is 0.194 e. The fourth-order valence-electron chi connectivity index (χ4n) is 2.57. The summed E-state index contributed by atoms with van der Waals surface area (Å²) >= 11 is 0. The molecule has 0 aliphatic rings. The zero-order valence-corrected chi connectivity index (χ0v) is 18.6. The van der Waals surface area contributed by atoms with Gasteiger partial charge in [0, 0.05) is 38.2 Å². The molecular weight excluding hydrogens is 532 g/mol. The van der Waals surface area contributed by atoms with Crippen LogP contribution in [-0.4, -0.2) is 39.5 Å². The molecule has 0 saturated carbocycles. The van der Waals surface area contributed by atoms with Gasteiger partial charge in [-0.1, -0.05) is 30.3 Å². The Bertz CT molecular complexity index is 821. The van der Waals surface area contributed by atoms with Crippen LogP contribution in [0.3, 0.4) is 0 Å². The van der Waals surface area contributed by atoms with Crippen LogP contribution in [0.1, 0.15) is 20.3 Å². The number of hydrogen-bond acceptors (Lipinski definition) is 5. The molecule has 5 nitrogen and oxygen atoms in total. The molecule has 2 N–H and O–H groups in total. The zero-order chi connectivity index (χ0) is 19.6. The van der Waals surface area contributed by atoms with Crippen LogP contribution in [0.4, 0.5) is 0 Å². The molecule has 0 aliphatic heterocycles. The van der Waals surface area contributed by atoms with Gasteiger partial charge in [0.15, 0.2) is 5.88 Å². The Balaban J connectivity index is 0.000000425. The van der Waals surface area contributed by atoms with Crippen molar-refractivity contribution in [2.45, 2.75) is 32.5 Å². The number of rotatable bonds is 5. The summed E-state index contributed by atoms with van der Waals surface area (Å²) in [6, 6.07) is 19.4. The molecule has 28 heavy (non-hydrogen) atoms. The second-order valence-electron chi connectivity index (χ2n) is 6.21. The molecule has 0 saturated heterocycles. The first-order valence-electron chi connectivity index (χ1n) is 8.80. The van der Waals surface area contributed by atoms with Gasteiger partial charge in [-0.25, -0.2) is 4.98 Å². The van der Waals surface area contributed by atoms with Crippen LogP contribution in [0.25, 0.3) is 22.4 Å². The predicted molar refractivity (Wildman–Crippen MR) is 106 cm³/mol. The van der Waals surface area contributed by atoms with Crippen molar-refractivity contribution < 1.29 is 35.1 Å². The van der Waals surface area contributed by atoms with E-state index in [1.165, 1.54) is 0 Å². The standard InChI is InChI=1S/C17H13N2O.C5H12O2.Ir/c1-20-17-16(18-10-11-19-17)15-9-5-8-14(12-15)13-6-3-2-4-7-13;1-4(6)3-5(2)7;/h2-8,10-12H,1H3;4-7H,3H2,1-2H3;/q-1;;. The normalized spacial score (nSPS) is 12.0. The summed E-state index contributed by atoms with van der Waals surface area (Å²) in [6.07, 6.45) is 2.99. The molecule has 0 amide bonds. The maximum atomic E-state index is 8.56. The summed E-state index contributed by atoms with van der Waals surface area (Å²) in [7, 11) is 1.59. The summed E-state index contributed by atoms with van der Waals surface area (Å²) in [5.41, 5.74) is 3.85. The van der Waals surface area contributed by atoms with Crippen LogP contribution < -0.4 is 4.74 Å². The van der Waals surface area contributed by atoms with E-state index in [0.717, 1.165) is 16.7 Å². The van der Waals surface area contributed by atoms with Gasteiger partial charge >= 0.3 is 0 Å². The molecule has 1 aromatic heterocycles. The van der Waals surface area contributed by atoms with Crippen molar-refractivity contribution in [1.82, 2.24) is 9.97 Å². The Kier molecular flexibility index (Phi) is 10.6. The number of ether oxygens (including phenoxy) is 1. The van der Waals surface area contributed by atoms with Gasteiger partial charge in [-0.05, 0) is 25.8 Å². The van der Waals surface area contributed by atoms with E-state index in [2.05, 4.69) is 28.2 Å². The molecule has 151 valence electrons. The Morgan fingerprint density at radius 3 is 2.18 bits per heavy atom. The van der Waals surface area contributed by atoms with Crippen LogP contribution in [0, 0.1) is 6.07 Å². The molecule has 2 aromatic carbocycles. The van der Waals surface area contributed by atoms with Crippen molar-refractivity contribution in [2.75, 3.05) is 7.11 Å². The van der Waals surface area contributed by atoms with Gasteiger partial charge in [0.2, 0.25) is 0 Å². The predicted octanol–water partition coefficient (Wildman–Crippen LogP) is 3.75. The smallest absolute Gasteiger partial charge is 0.194 e. The summed E-state index contributed by atoms with van der Waals surface area (Å²) in [5, 5.41) is 17.1. The van der Waals surface area contributed by atoms with Crippen LogP contribution in [0.2, 0.25) is 0 Å². The van der Waals surface area contributed by atoms with E-state index in [4.69, 9.17) is 14.9 Å². The van der Waals surface area contributed by atoms with Gasteiger partial charge in [0.05, 0.1) is 19.3 Å². The molecule has 0 bridgehead atoms. The number of aromatic nitrogens is 2. The Hall–Kier alpha value is -2.11. The Labute approximate surface area is 179 Å². The van der Waals surface area contributed by atoms with Gasteiger partial charge in [-0.3, -0.25) is 4.98 Å². The average molecular weight is 558 g/mol. The maximum absolute atomic E-state index is 8.56. The molecule has 1 heterocycles. The molecule has 6 heteroatoms. The molecule has 2 unspecified atom stereocenters. The van der Waals surface area contributed by atoms with Crippen molar-refractivity contribution in [3.8, 4) is 28.3 Å². The fraction of sp³-hybridized carbons (Fsp3) is 0.273. The largest absolute Gasteiger partial charge is 0.486 e. The summed E-state index contributed by atoms with van der Waals surface area (Å²) in [4.78, 5) is 8.51. The van der Waals surface area contributed by atoms with E-state index < -0.39 is 0 Å². The van der Waals surface area contributed by atoms with E-state index >= 15 is 0 Å². The molecule has 0 spiro atoms. The third-order valence-electron chi connectivity index (χ3n) is 3.70. The zero-order valence-electron chi connectivity index (χ0n) is 16.2. The molecule has 0 fully saturated rings. The number of nitrogens with zero attached hydrogens (tertiary/aromatic N) is 2. The van der Waals surface area contributed by atoms with Crippen LogP contribution in [-0.2, 0) is 20.1 Å². The van der Waals surface area contributed by atoms with Crippen molar-refractivity contribution in [2.24, 2.45) is 0 Å². The van der Waals surface area contributed by atoms with Gasteiger partial charge < -0.3 is 14.9 Å². The third-order valence-corrected chi connectivity index (χ3v) is 3.70. The second kappa shape index (κ2) is 12.4. The minimum Gasteiger partial charge on any atom is -0.486 e. The number of hydrogen-bond donors (Lipinski definition) is 2. The summed E-state index contributed by atoms with van der Waals surface area (Å²) in [5.74, 6) is 0.508. The SMILES string of the molecule is CC(O)CC(C)O.COc1nccnc1-c1[c-]ccc(-c2ccccc2)c1.[Ir]. The van der Waals surface area contributed by atoms with Crippen LogP contribution in [0.15, 0.2) is 60.9 Å². The van der Waals surface area contributed by atoms with Crippen LogP contribution in [0.5, 0.6) is 5.88 Å². The van der Waals surface area contributed by atoms with Gasteiger partial charge in [-0.15, -0.1) is 35.4 Å². The fourth-order valence-corrected chi connectivity index (χ4v) is 2.57. The van der Waals surface area contributed by atoms with E-state index in [1.54, 1.807) is 33.4 Å². The minimum atomic E-state index is -0.375. The molecule has 3 rings (SSSR count). The van der Waals surface area contributed by atoms with Crippen LogP contribution >= 0.6 is 0 Å². The van der Waals surface area contributed by atoms with E-state index in [-0.39, 0.29) is 32.3 Å². The minimum absolute atomic E-state index is 0. The number of aliphatic hydroxyl groups is 2. The average Bonchev–Trinajstić information content (AvgIpc) is 2.68. The first-order chi connectivity index (χ1) is 13.0. The molecular formula is C22H25IrN2O3-. The number of aliphatic hydroxyl groups excluding tert-OH is 2. The monoisotopic (exact) mass is 558 g/mol. The van der Waals surface area contributed by atoms with Crippen molar-refractivity contribution in [3.05, 3.63) is 67.0 Å². The van der Waals surface area contributed by atoms with E-state index in [9.17, 15) is 0 Å². The van der Waals surface area contributed by atoms with Gasteiger partial charge in [0.1, 0.15) is 0 Å². The number of benzene rings is 2.